The lowest BCUT2D eigenvalue weighted by molar-refractivity contribution is 0.594. The Morgan fingerprint density at radius 3 is 2.43 bits per heavy atom. The molecule has 0 fully saturated rings. The molecule has 0 bridgehead atoms. The van der Waals surface area contributed by atoms with Crippen molar-refractivity contribution in [2.24, 2.45) is 4.99 Å². The van der Waals surface area contributed by atoms with E-state index in [0.29, 0.717) is 16.3 Å². The maximum Gasteiger partial charge on any atom is 0.263 e. The summed E-state index contributed by atoms with van der Waals surface area (Å²) in [6.45, 7) is 2.04. The quantitative estimate of drug-likeness (QED) is 0.947. The van der Waals surface area contributed by atoms with Crippen molar-refractivity contribution in [1.29, 1.82) is 0 Å². The van der Waals surface area contributed by atoms with Gasteiger partial charge in [0.1, 0.15) is 5.84 Å². The van der Waals surface area contributed by atoms with Gasteiger partial charge in [0.2, 0.25) is 0 Å². The number of hydrogen-bond acceptors (Lipinski definition) is 3. The molecule has 0 aliphatic carbocycles. The fraction of sp³-hybridized carbons (Fsp3) is 0.188. The van der Waals surface area contributed by atoms with Crippen LogP contribution in [0.3, 0.4) is 0 Å². The summed E-state index contributed by atoms with van der Waals surface area (Å²) in [7, 11) is -3.47. The summed E-state index contributed by atoms with van der Waals surface area (Å²) in [5, 5.41) is 0. The number of hydrogen-bond donors (Lipinski definition) is 1. The molecular weight excluding hydrogens is 284 g/mol. The van der Waals surface area contributed by atoms with E-state index in [1.807, 2.05) is 43.3 Å². The molecule has 3 rings (SSSR count). The van der Waals surface area contributed by atoms with E-state index >= 15 is 0 Å². The Balaban J connectivity index is 2.05. The van der Waals surface area contributed by atoms with Crippen LogP contribution < -0.4 is 4.72 Å². The van der Waals surface area contributed by atoms with Crippen LogP contribution in [-0.2, 0) is 10.0 Å². The molecule has 21 heavy (non-hydrogen) atoms. The molecule has 1 aliphatic rings. The fourth-order valence-corrected chi connectivity index (χ4v) is 3.70. The number of nitrogens with one attached hydrogen (secondary N) is 1. The maximum atomic E-state index is 12.1. The van der Waals surface area contributed by atoms with Crippen LogP contribution in [0.2, 0.25) is 0 Å². The topological polar surface area (TPSA) is 58.5 Å². The van der Waals surface area contributed by atoms with Crippen molar-refractivity contribution in [2.75, 3.05) is 0 Å². The number of rotatable bonds is 3. The van der Waals surface area contributed by atoms with E-state index in [2.05, 4.69) is 9.71 Å². The summed E-state index contributed by atoms with van der Waals surface area (Å²) in [5.74, 6) is 0.432. The van der Waals surface area contributed by atoms with Crippen LogP contribution in [0.25, 0.3) is 0 Å². The number of benzene rings is 2. The molecule has 0 radical (unpaired) electrons. The molecule has 0 amide bonds. The molecule has 2 aromatic rings. The van der Waals surface area contributed by atoms with Crippen molar-refractivity contribution < 1.29 is 8.42 Å². The third-order valence-corrected chi connectivity index (χ3v) is 4.92. The molecule has 0 aromatic heterocycles. The third-order valence-electron chi connectivity index (χ3n) is 3.52. The zero-order valence-electron chi connectivity index (χ0n) is 11.7. The first-order chi connectivity index (χ1) is 10.1. The molecule has 1 heterocycles. The average molecular weight is 300 g/mol. The number of nitrogens with zero attached hydrogens (tertiary/aromatic N) is 1. The molecule has 108 valence electrons. The van der Waals surface area contributed by atoms with Crippen LogP contribution in [0.15, 0.2) is 64.5 Å². The Labute approximate surface area is 124 Å². The van der Waals surface area contributed by atoms with Gasteiger partial charge in [-0.2, -0.15) is 0 Å². The normalized spacial score (nSPS) is 19.0. The lowest BCUT2D eigenvalue weighted by atomic mass is 10.1. The summed E-state index contributed by atoms with van der Waals surface area (Å²) in [5.41, 5.74) is 1.72. The molecule has 1 aliphatic heterocycles. The first kappa shape index (κ1) is 13.8. The van der Waals surface area contributed by atoms with Crippen molar-refractivity contribution in [1.82, 2.24) is 4.72 Å². The molecular formula is C16H16N2O2S. The number of amidine groups is 1. The Hall–Kier alpha value is -2.14. The van der Waals surface area contributed by atoms with E-state index < -0.39 is 10.0 Å². The van der Waals surface area contributed by atoms with E-state index in [1.165, 1.54) is 0 Å². The maximum absolute atomic E-state index is 12.1. The molecule has 0 spiro atoms. The largest absolute Gasteiger partial charge is 0.263 e. The monoisotopic (exact) mass is 300 g/mol. The van der Waals surface area contributed by atoms with Crippen LogP contribution in [0.1, 0.15) is 30.5 Å². The van der Waals surface area contributed by atoms with Gasteiger partial charge in [0.15, 0.2) is 0 Å². The summed E-state index contributed by atoms with van der Waals surface area (Å²) in [4.78, 5) is 4.93. The van der Waals surface area contributed by atoms with Gasteiger partial charge in [-0.25, -0.2) is 8.42 Å². The number of fused-ring (bicyclic) bond motifs is 1. The minimum atomic E-state index is -3.47. The van der Waals surface area contributed by atoms with E-state index in [0.717, 1.165) is 12.0 Å². The van der Waals surface area contributed by atoms with Gasteiger partial charge in [-0.1, -0.05) is 49.4 Å². The second-order valence-corrected chi connectivity index (χ2v) is 6.56. The van der Waals surface area contributed by atoms with E-state index in [4.69, 9.17) is 0 Å². The fourth-order valence-electron chi connectivity index (χ4n) is 2.46. The molecule has 1 atom stereocenters. The highest BCUT2D eigenvalue weighted by atomic mass is 32.2. The summed E-state index contributed by atoms with van der Waals surface area (Å²) >= 11 is 0. The standard InChI is InChI=1S/C16H16N2O2S/c1-2-14(12-8-4-3-5-9-12)17-16-13-10-6-7-11-15(13)21(19,20)18-16/h3-11,14H,2H2,1H3,(H,17,18)/t14-/m1/s1. The first-order valence-electron chi connectivity index (χ1n) is 6.87. The molecule has 4 nitrogen and oxygen atoms in total. The van der Waals surface area contributed by atoms with Gasteiger partial charge in [0.25, 0.3) is 10.0 Å². The van der Waals surface area contributed by atoms with Gasteiger partial charge >= 0.3 is 0 Å². The average Bonchev–Trinajstić information content (AvgIpc) is 2.77. The molecule has 2 aromatic carbocycles. The number of aliphatic imine (C=N–C) groups is 1. The molecule has 0 saturated carbocycles. The van der Waals surface area contributed by atoms with Gasteiger partial charge in [0.05, 0.1) is 10.9 Å². The molecule has 1 N–H and O–H groups in total. The van der Waals surface area contributed by atoms with Crippen LogP contribution in [-0.4, -0.2) is 14.3 Å². The molecule has 0 unspecified atom stereocenters. The van der Waals surface area contributed by atoms with Gasteiger partial charge in [-0.3, -0.25) is 9.71 Å². The van der Waals surface area contributed by atoms with Crippen molar-refractivity contribution >= 4 is 15.9 Å². The summed E-state index contributed by atoms with van der Waals surface area (Å²) in [6, 6.07) is 16.8. The third kappa shape index (κ3) is 2.56. The molecule has 5 heteroatoms. The van der Waals surface area contributed by atoms with Crippen molar-refractivity contribution in [2.45, 2.75) is 24.3 Å². The Morgan fingerprint density at radius 2 is 1.71 bits per heavy atom. The highest BCUT2D eigenvalue weighted by molar-refractivity contribution is 7.90. The van der Waals surface area contributed by atoms with Crippen molar-refractivity contribution in [3.8, 4) is 0 Å². The minimum Gasteiger partial charge on any atom is -0.263 e. The minimum absolute atomic E-state index is 0.0601. The second-order valence-electron chi connectivity index (χ2n) is 4.91. The Kier molecular flexibility index (Phi) is 3.51. The Bertz CT molecular complexity index is 783. The van der Waals surface area contributed by atoms with Crippen molar-refractivity contribution in [3.05, 3.63) is 65.7 Å². The highest BCUT2D eigenvalue weighted by Crippen LogP contribution is 2.26. The molecule has 0 saturated heterocycles. The van der Waals surface area contributed by atoms with Crippen LogP contribution in [0, 0.1) is 0 Å². The summed E-state index contributed by atoms with van der Waals surface area (Å²) in [6.07, 6.45) is 0.803. The van der Waals surface area contributed by atoms with Gasteiger partial charge < -0.3 is 0 Å². The first-order valence-corrected chi connectivity index (χ1v) is 8.35. The Morgan fingerprint density at radius 1 is 1.05 bits per heavy atom. The van der Waals surface area contributed by atoms with Crippen LogP contribution in [0.5, 0.6) is 0 Å². The predicted octanol–water partition coefficient (Wildman–Crippen LogP) is 2.88. The van der Waals surface area contributed by atoms with Crippen molar-refractivity contribution in [3.63, 3.8) is 0 Å². The van der Waals surface area contributed by atoms with E-state index in [-0.39, 0.29) is 6.04 Å². The lowest BCUT2D eigenvalue weighted by Crippen LogP contribution is -2.22. The zero-order valence-corrected chi connectivity index (χ0v) is 12.5. The second kappa shape index (κ2) is 5.33. The smallest absolute Gasteiger partial charge is 0.263 e. The number of sulfonamides is 1. The predicted molar refractivity (Wildman–Crippen MR) is 82.8 cm³/mol. The zero-order chi connectivity index (χ0) is 14.9. The van der Waals surface area contributed by atoms with Gasteiger partial charge in [-0.05, 0) is 24.1 Å². The lowest BCUT2D eigenvalue weighted by Gasteiger charge is -2.11. The van der Waals surface area contributed by atoms with Gasteiger partial charge in [0, 0.05) is 5.56 Å². The van der Waals surface area contributed by atoms with Crippen LogP contribution in [0.4, 0.5) is 0 Å². The van der Waals surface area contributed by atoms with Crippen LogP contribution >= 0.6 is 0 Å². The highest BCUT2D eigenvalue weighted by Gasteiger charge is 2.30. The van der Waals surface area contributed by atoms with Gasteiger partial charge in [-0.15, -0.1) is 0 Å². The SMILES string of the molecule is CC[C@@H](N=C1NS(=O)(=O)c2ccccc21)c1ccccc1. The summed E-state index contributed by atoms with van der Waals surface area (Å²) < 4.78 is 26.7. The van der Waals surface area contributed by atoms with E-state index in [9.17, 15) is 8.42 Å². The van der Waals surface area contributed by atoms with E-state index in [1.54, 1.807) is 18.2 Å².